The second-order valence-electron chi connectivity index (χ2n) is 10.3. The Morgan fingerprint density at radius 1 is 0.805 bits per heavy atom. The minimum absolute atomic E-state index is 0.0618. The highest BCUT2D eigenvalue weighted by Crippen LogP contribution is 2.62. The molecule has 0 fully saturated rings. The molecule has 7 rings (SSSR count). The molecular weight excluding hydrogens is 583 g/mol. The van der Waals surface area contributed by atoms with Crippen molar-refractivity contribution in [1.29, 1.82) is 0 Å². The second kappa shape index (κ2) is 9.31. The summed E-state index contributed by atoms with van der Waals surface area (Å²) in [6, 6.07) is 23.3. The predicted octanol–water partition coefficient (Wildman–Crippen LogP) is 8.74. The zero-order chi connectivity index (χ0) is 28.6. The zero-order valence-corrected chi connectivity index (χ0v) is 23.8. The van der Waals surface area contributed by atoms with Gasteiger partial charge in [-0.25, -0.2) is 4.79 Å². The van der Waals surface area contributed by atoms with E-state index in [0.29, 0.717) is 33.4 Å². The Morgan fingerprint density at radius 2 is 1.41 bits per heavy atom. The molecule has 1 aliphatic carbocycles. The van der Waals surface area contributed by atoms with E-state index >= 15 is 0 Å². The number of hydrogen-bond acceptors (Lipinski definition) is 5. The van der Waals surface area contributed by atoms with Crippen LogP contribution < -0.4 is 4.74 Å². The van der Waals surface area contributed by atoms with E-state index in [1.54, 1.807) is 19.1 Å². The molecule has 0 bridgehead atoms. The third kappa shape index (κ3) is 3.66. The maximum atomic E-state index is 13.6. The number of benzene rings is 4. The molecule has 3 atom stereocenters. The predicted molar refractivity (Wildman–Crippen MR) is 159 cm³/mol. The van der Waals surface area contributed by atoms with E-state index < -0.39 is 23.6 Å². The Kier molecular flexibility index (Phi) is 5.91. The van der Waals surface area contributed by atoms with E-state index in [9.17, 15) is 15.0 Å². The molecule has 0 aromatic heterocycles. The summed E-state index contributed by atoms with van der Waals surface area (Å²) in [4.78, 5) is 13.6. The Balaban J connectivity index is 1.61. The summed E-state index contributed by atoms with van der Waals surface area (Å²) in [6.45, 7) is 1.80. The van der Waals surface area contributed by atoms with Gasteiger partial charge in [-0.2, -0.15) is 0 Å². The van der Waals surface area contributed by atoms with Gasteiger partial charge in [0, 0.05) is 16.7 Å². The van der Waals surface area contributed by atoms with Crippen LogP contribution in [0.3, 0.4) is 0 Å². The maximum absolute atomic E-state index is 13.6. The fourth-order valence-electron chi connectivity index (χ4n) is 6.27. The lowest BCUT2D eigenvalue weighted by Crippen LogP contribution is -2.50. The van der Waals surface area contributed by atoms with Crippen LogP contribution >= 0.6 is 34.8 Å². The average molecular weight is 604 g/mol. The number of ether oxygens (including phenoxy) is 2. The first-order chi connectivity index (χ1) is 19.7. The first-order valence-electron chi connectivity index (χ1n) is 12.9. The van der Waals surface area contributed by atoms with E-state index in [-0.39, 0.29) is 37.9 Å². The number of carbonyl (C=O) groups excluding carboxylic acids is 1. The monoisotopic (exact) mass is 602 g/mol. The van der Waals surface area contributed by atoms with Crippen molar-refractivity contribution in [2.75, 3.05) is 0 Å². The Hall–Kier alpha value is -3.90. The van der Waals surface area contributed by atoms with Crippen LogP contribution in [0.25, 0.3) is 16.7 Å². The molecule has 0 radical (unpaired) electrons. The molecule has 1 spiro atoms. The summed E-state index contributed by atoms with van der Waals surface area (Å²) in [5.74, 6) is -1.06. The van der Waals surface area contributed by atoms with Crippen molar-refractivity contribution < 1.29 is 24.5 Å². The van der Waals surface area contributed by atoms with Crippen molar-refractivity contribution in [2.24, 2.45) is 5.92 Å². The Bertz CT molecular complexity index is 1830. The molecular formula is C33H21Cl3O5. The standard InChI is InChI=1S/C33H21Cl3O5/c1-16-12-21-30(26(28(16)37)17-8-4-2-5-9-17)40-31-22(15-25(36)29(38)27(31)18-10-6-3-7-11-18)33(21)20-14-24(35)23(34)13-19(20)32(39)41-33/h2-15,21,30,37-38H,1H3. The van der Waals surface area contributed by atoms with Gasteiger partial charge in [-0.15, -0.1) is 0 Å². The van der Waals surface area contributed by atoms with E-state index in [0.717, 1.165) is 5.56 Å². The number of rotatable bonds is 2. The van der Waals surface area contributed by atoms with Gasteiger partial charge in [0.05, 0.1) is 32.1 Å². The van der Waals surface area contributed by atoms with Gasteiger partial charge in [-0.3, -0.25) is 0 Å². The van der Waals surface area contributed by atoms with Crippen molar-refractivity contribution in [2.45, 2.75) is 18.6 Å². The molecule has 0 amide bonds. The smallest absolute Gasteiger partial charge is 0.339 e. The number of phenolic OH excluding ortho intramolecular Hbond substituents is 1. The summed E-state index contributed by atoms with van der Waals surface area (Å²) in [7, 11) is 0. The summed E-state index contributed by atoms with van der Waals surface area (Å²) >= 11 is 19.6. The molecule has 41 heavy (non-hydrogen) atoms. The number of phenols is 1. The van der Waals surface area contributed by atoms with Gasteiger partial charge in [0.1, 0.15) is 23.4 Å². The van der Waals surface area contributed by atoms with Crippen molar-refractivity contribution in [3.05, 3.63) is 134 Å². The van der Waals surface area contributed by atoms with Crippen molar-refractivity contribution in [3.63, 3.8) is 0 Å². The van der Waals surface area contributed by atoms with E-state index in [1.807, 2.05) is 66.7 Å². The van der Waals surface area contributed by atoms with Crippen molar-refractivity contribution in [1.82, 2.24) is 0 Å². The van der Waals surface area contributed by atoms with Crippen LogP contribution in [0, 0.1) is 5.92 Å². The van der Waals surface area contributed by atoms with Crippen LogP contribution in [0.15, 0.2) is 96.3 Å². The second-order valence-corrected chi connectivity index (χ2v) is 11.5. The maximum Gasteiger partial charge on any atom is 0.339 e. The average Bonchev–Trinajstić information content (AvgIpc) is 3.24. The summed E-state index contributed by atoms with van der Waals surface area (Å²) in [5.41, 5.74) is 2.59. The number of aliphatic hydroxyl groups is 1. The lowest BCUT2D eigenvalue weighted by molar-refractivity contribution is -0.0403. The SMILES string of the molecule is CC1=CC2C(Oc3c(cc(Cl)c(O)c3-c3ccccc3)C23OC(=O)c2cc(Cl)c(Cl)cc23)C(c2ccccc2)=C1O. The molecule has 0 saturated carbocycles. The Labute approximate surface area is 250 Å². The van der Waals surface area contributed by atoms with Crippen LogP contribution in [-0.4, -0.2) is 22.3 Å². The quantitative estimate of drug-likeness (QED) is 0.224. The molecule has 3 aliphatic rings. The summed E-state index contributed by atoms with van der Waals surface area (Å²) in [6.07, 6.45) is 1.02. The van der Waals surface area contributed by atoms with Gasteiger partial charge < -0.3 is 19.7 Å². The fourth-order valence-corrected chi connectivity index (χ4v) is 6.80. The van der Waals surface area contributed by atoms with Crippen molar-refractivity contribution in [3.8, 4) is 22.6 Å². The first-order valence-corrected chi connectivity index (χ1v) is 14.0. The number of allylic oxidation sites excluding steroid dienone is 1. The number of halogens is 3. The van der Waals surface area contributed by atoms with Gasteiger partial charge in [0.15, 0.2) is 5.60 Å². The number of carbonyl (C=O) groups is 1. The molecule has 2 N–H and O–H groups in total. The number of hydrogen-bond donors (Lipinski definition) is 2. The van der Waals surface area contributed by atoms with Gasteiger partial charge >= 0.3 is 5.97 Å². The highest BCUT2D eigenvalue weighted by Gasteiger charge is 2.61. The first kappa shape index (κ1) is 26.0. The number of aliphatic hydroxyl groups excluding tert-OH is 1. The molecule has 8 heteroatoms. The highest BCUT2D eigenvalue weighted by atomic mass is 35.5. The van der Waals surface area contributed by atoms with Crippen LogP contribution in [0.4, 0.5) is 0 Å². The molecule has 2 heterocycles. The van der Waals surface area contributed by atoms with E-state index in [1.165, 1.54) is 6.07 Å². The molecule has 5 nitrogen and oxygen atoms in total. The van der Waals surface area contributed by atoms with Gasteiger partial charge in [-0.05, 0) is 41.8 Å². The largest absolute Gasteiger partial charge is 0.507 e. The lowest BCUT2D eigenvalue weighted by atomic mass is 9.66. The Morgan fingerprint density at radius 3 is 2.10 bits per heavy atom. The normalized spacial score (nSPS) is 22.4. The topological polar surface area (TPSA) is 76.0 Å². The van der Waals surface area contributed by atoms with Crippen LogP contribution in [0.2, 0.25) is 15.1 Å². The van der Waals surface area contributed by atoms with Gasteiger partial charge in [0.25, 0.3) is 0 Å². The highest BCUT2D eigenvalue weighted by molar-refractivity contribution is 6.42. The zero-order valence-electron chi connectivity index (χ0n) is 21.5. The molecule has 4 aromatic carbocycles. The van der Waals surface area contributed by atoms with E-state index in [2.05, 4.69) is 0 Å². The lowest BCUT2D eigenvalue weighted by Gasteiger charge is -2.48. The third-order valence-corrected chi connectivity index (χ3v) is 9.08. The van der Waals surface area contributed by atoms with Crippen molar-refractivity contribution >= 4 is 46.3 Å². The van der Waals surface area contributed by atoms with Crippen LogP contribution in [0.1, 0.15) is 34.0 Å². The molecule has 0 saturated heterocycles. The number of aromatic hydroxyl groups is 1. The number of esters is 1. The summed E-state index contributed by atoms with van der Waals surface area (Å²) < 4.78 is 13.2. The summed E-state index contributed by atoms with van der Waals surface area (Å²) in [5, 5.41) is 23.3. The minimum atomic E-state index is -1.47. The molecule has 3 unspecified atom stereocenters. The molecule has 2 aliphatic heterocycles. The number of fused-ring (bicyclic) bond motifs is 6. The molecule has 4 aromatic rings. The van der Waals surface area contributed by atoms with Crippen LogP contribution in [-0.2, 0) is 10.3 Å². The van der Waals surface area contributed by atoms with Crippen LogP contribution in [0.5, 0.6) is 11.5 Å². The van der Waals surface area contributed by atoms with Gasteiger partial charge in [0.2, 0.25) is 0 Å². The third-order valence-electron chi connectivity index (χ3n) is 8.07. The molecule has 204 valence electrons. The minimum Gasteiger partial charge on any atom is -0.507 e. The van der Waals surface area contributed by atoms with Gasteiger partial charge in [-0.1, -0.05) is 102 Å². The fraction of sp³-hybridized carbons (Fsp3) is 0.121. The van der Waals surface area contributed by atoms with E-state index in [4.69, 9.17) is 44.3 Å².